The quantitative estimate of drug-likeness (QED) is 0.285. The monoisotopic (exact) mass is 513 g/mol. The normalized spacial score (nSPS) is 11.4. The number of fused-ring (bicyclic) bond motifs is 1. The van der Waals surface area contributed by atoms with Gasteiger partial charge in [-0.2, -0.15) is 4.52 Å². The van der Waals surface area contributed by atoms with E-state index in [0.29, 0.717) is 36.2 Å². The fourth-order valence-corrected chi connectivity index (χ4v) is 4.66. The van der Waals surface area contributed by atoms with E-state index in [9.17, 15) is 8.42 Å². The lowest BCUT2D eigenvalue weighted by Gasteiger charge is -2.14. The fraction of sp³-hybridized carbons (Fsp3) is 0.292. The van der Waals surface area contributed by atoms with Crippen LogP contribution in [0.1, 0.15) is 13.8 Å². The summed E-state index contributed by atoms with van der Waals surface area (Å²) in [4.78, 5) is 0.000727. The van der Waals surface area contributed by atoms with E-state index in [1.54, 1.807) is 42.8 Å². The summed E-state index contributed by atoms with van der Waals surface area (Å²) in [5, 5.41) is 12.8. The van der Waals surface area contributed by atoms with Crippen molar-refractivity contribution in [1.29, 1.82) is 0 Å². The molecule has 2 aromatic heterocycles. The van der Waals surface area contributed by atoms with E-state index in [0.717, 1.165) is 5.56 Å². The average molecular weight is 514 g/mol. The van der Waals surface area contributed by atoms with Crippen molar-refractivity contribution >= 4 is 15.7 Å². The zero-order valence-corrected chi connectivity index (χ0v) is 21.0. The van der Waals surface area contributed by atoms with Crippen LogP contribution in [0.4, 0.5) is 0 Å². The van der Waals surface area contributed by atoms with Crippen LogP contribution in [0.15, 0.2) is 59.5 Å². The van der Waals surface area contributed by atoms with Crippen molar-refractivity contribution in [3.63, 3.8) is 0 Å². The van der Waals surface area contributed by atoms with Crippen LogP contribution in [-0.4, -0.2) is 61.7 Å². The molecule has 0 saturated heterocycles. The van der Waals surface area contributed by atoms with Crippen LogP contribution in [0.25, 0.3) is 17.0 Å². The number of para-hydroxylation sites is 1. The number of nitrogens with zero attached hydrogens (tertiary/aromatic N) is 4. The van der Waals surface area contributed by atoms with Gasteiger partial charge >= 0.3 is 0 Å². The smallest absolute Gasteiger partial charge is 0.244 e. The molecule has 0 radical (unpaired) electrons. The van der Waals surface area contributed by atoms with Crippen molar-refractivity contribution < 1.29 is 27.4 Å². The molecule has 0 unspecified atom stereocenters. The zero-order chi connectivity index (χ0) is 25.5. The molecule has 0 aliphatic rings. The van der Waals surface area contributed by atoms with E-state index in [2.05, 4.69) is 20.0 Å². The Morgan fingerprint density at radius 3 is 2.50 bits per heavy atom. The predicted molar refractivity (Wildman–Crippen MR) is 132 cm³/mol. The Balaban J connectivity index is 1.46. The van der Waals surface area contributed by atoms with Crippen molar-refractivity contribution in [2.24, 2.45) is 0 Å². The van der Waals surface area contributed by atoms with Crippen LogP contribution in [-0.2, 0) is 10.0 Å². The number of aromatic nitrogens is 4. The molecule has 0 amide bonds. The maximum absolute atomic E-state index is 12.9. The molecule has 0 bridgehead atoms. The molecule has 0 spiro atoms. The second-order valence-corrected chi connectivity index (χ2v) is 9.12. The van der Waals surface area contributed by atoms with Gasteiger partial charge in [-0.3, -0.25) is 0 Å². The van der Waals surface area contributed by atoms with E-state index in [-0.39, 0.29) is 29.7 Å². The largest absolute Gasteiger partial charge is 0.496 e. The van der Waals surface area contributed by atoms with Gasteiger partial charge in [-0.25, -0.2) is 13.1 Å². The number of hydrogen-bond acceptors (Lipinski definition) is 9. The number of nitrogens with one attached hydrogen (secondary N) is 1. The Hall–Kier alpha value is -3.90. The third-order valence-electron chi connectivity index (χ3n) is 5.05. The summed E-state index contributed by atoms with van der Waals surface area (Å²) in [7, 11) is -2.30. The first-order chi connectivity index (χ1) is 17.5. The molecular weight excluding hydrogens is 486 g/mol. The maximum Gasteiger partial charge on any atom is 0.244 e. The highest BCUT2D eigenvalue weighted by Gasteiger charge is 2.21. The number of sulfonamides is 1. The van der Waals surface area contributed by atoms with Gasteiger partial charge in [-0.15, -0.1) is 15.3 Å². The molecule has 1 N–H and O–H groups in total. The Morgan fingerprint density at radius 2 is 1.72 bits per heavy atom. The third-order valence-corrected chi connectivity index (χ3v) is 6.53. The molecule has 36 heavy (non-hydrogen) atoms. The maximum atomic E-state index is 12.9. The highest BCUT2D eigenvalue weighted by atomic mass is 32.2. The highest BCUT2D eigenvalue weighted by molar-refractivity contribution is 7.89. The molecule has 2 heterocycles. The highest BCUT2D eigenvalue weighted by Crippen LogP contribution is 2.29. The Kier molecular flexibility index (Phi) is 7.86. The van der Waals surface area contributed by atoms with Crippen molar-refractivity contribution in [1.82, 2.24) is 24.5 Å². The summed E-state index contributed by atoms with van der Waals surface area (Å²) in [6.45, 7) is 4.40. The summed E-state index contributed by atoms with van der Waals surface area (Å²) in [5.41, 5.74) is 1.26. The number of methoxy groups -OCH3 is 1. The number of rotatable bonds is 12. The lowest BCUT2D eigenvalue weighted by atomic mass is 10.2. The van der Waals surface area contributed by atoms with Crippen LogP contribution in [0.2, 0.25) is 0 Å². The van der Waals surface area contributed by atoms with Gasteiger partial charge in [0, 0.05) is 18.7 Å². The molecule has 190 valence electrons. The Morgan fingerprint density at radius 1 is 0.917 bits per heavy atom. The predicted octanol–water partition coefficient (Wildman–Crippen LogP) is 2.95. The van der Waals surface area contributed by atoms with Gasteiger partial charge in [-0.05, 0) is 44.2 Å². The molecule has 2 aromatic carbocycles. The molecule has 12 heteroatoms. The van der Waals surface area contributed by atoms with Crippen molar-refractivity contribution in [3.05, 3.63) is 54.6 Å². The molecule has 0 saturated carbocycles. The van der Waals surface area contributed by atoms with Crippen LogP contribution in [0, 0.1) is 0 Å². The lowest BCUT2D eigenvalue weighted by Crippen LogP contribution is -2.29. The van der Waals surface area contributed by atoms with E-state index in [1.807, 2.05) is 31.2 Å². The second-order valence-electron chi connectivity index (χ2n) is 7.39. The van der Waals surface area contributed by atoms with Gasteiger partial charge in [0.1, 0.15) is 28.8 Å². The third kappa shape index (κ3) is 5.50. The Labute approximate surface area is 209 Å². The molecule has 4 aromatic rings. The van der Waals surface area contributed by atoms with Gasteiger partial charge in [-0.1, -0.05) is 12.1 Å². The van der Waals surface area contributed by atoms with Gasteiger partial charge in [0.25, 0.3) is 0 Å². The SMILES string of the molecule is CCOc1ccc(OCC)c(S(=O)(=O)NCCOc2ccc3nnc(-c4ccccc4OC)n3n2)c1. The number of ether oxygens (including phenoxy) is 4. The molecule has 11 nitrogen and oxygen atoms in total. The van der Waals surface area contributed by atoms with Crippen LogP contribution >= 0.6 is 0 Å². The van der Waals surface area contributed by atoms with Gasteiger partial charge in [0.15, 0.2) is 11.5 Å². The van der Waals surface area contributed by atoms with Gasteiger partial charge in [0.2, 0.25) is 15.9 Å². The van der Waals surface area contributed by atoms with Crippen LogP contribution < -0.4 is 23.7 Å². The number of hydrogen-bond donors (Lipinski definition) is 1. The fourth-order valence-electron chi connectivity index (χ4n) is 3.49. The first-order valence-corrected chi connectivity index (χ1v) is 12.8. The van der Waals surface area contributed by atoms with Crippen molar-refractivity contribution in [2.75, 3.05) is 33.5 Å². The van der Waals surface area contributed by atoms with Crippen molar-refractivity contribution in [2.45, 2.75) is 18.7 Å². The molecule has 4 rings (SSSR count). The summed E-state index contributed by atoms with van der Waals surface area (Å²) in [5.74, 6) is 2.10. The molecule has 0 aliphatic carbocycles. The lowest BCUT2D eigenvalue weighted by molar-refractivity contribution is 0.305. The first-order valence-electron chi connectivity index (χ1n) is 11.3. The average Bonchev–Trinajstić information content (AvgIpc) is 3.31. The summed E-state index contributed by atoms with van der Waals surface area (Å²) >= 11 is 0. The first kappa shape index (κ1) is 25.2. The summed E-state index contributed by atoms with van der Waals surface area (Å²) in [6.07, 6.45) is 0. The van der Waals surface area contributed by atoms with E-state index in [1.165, 1.54) is 6.07 Å². The minimum Gasteiger partial charge on any atom is -0.496 e. The van der Waals surface area contributed by atoms with E-state index >= 15 is 0 Å². The minimum absolute atomic E-state index is 0.000727. The van der Waals surface area contributed by atoms with Crippen LogP contribution in [0.5, 0.6) is 23.1 Å². The molecular formula is C24H27N5O6S. The Bertz CT molecular complexity index is 1440. The minimum atomic E-state index is -3.88. The molecule has 0 fully saturated rings. The van der Waals surface area contributed by atoms with Crippen molar-refractivity contribution in [3.8, 4) is 34.5 Å². The molecule has 0 aliphatic heterocycles. The van der Waals surface area contributed by atoms with Crippen LogP contribution in [0.3, 0.4) is 0 Å². The number of benzene rings is 2. The zero-order valence-electron chi connectivity index (χ0n) is 20.2. The van der Waals surface area contributed by atoms with Gasteiger partial charge in [0.05, 0.1) is 25.9 Å². The standard InChI is InChI=1S/C24H27N5O6S/c1-4-33-17-10-11-20(34-5-2)21(16-17)36(30,31)25-14-15-35-23-13-12-22-26-27-24(29(22)28-23)18-8-6-7-9-19(18)32-3/h6-13,16,25H,4-5,14-15H2,1-3H3. The van der Waals surface area contributed by atoms with E-state index in [4.69, 9.17) is 18.9 Å². The molecule has 0 atom stereocenters. The summed E-state index contributed by atoms with van der Waals surface area (Å²) in [6, 6.07) is 15.5. The van der Waals surface area contributed by atoms with Gasteiger partial charge < -0.3 is 18.9 Å². The summed E-state index contributed by atoms with van der Waals surface area (Å²) < 4.78 is 52.0. The van der Waals surface area contributed by atoms with E-state index < -0.39 is 10.0 Å². The topological polar surface area (TPSA) is 126 Å². The second kappa shape index (κ2) is 11.2.